The molecule has 0 spiro atoms. The summed E-state index contributed by atoms with van der Waals surface area (Å²) in [6.45, 7) is 8.74. The molecule has 0 radical (unpaired) electrons. The van der Waals surface area contributed by atoms with E-state index in [4.69, 9.17) is 4.74 Å². The number of rotatable bonds is 4. The molecule has 1 heterocycles. The fraction of sp³-hybridized carbons (Fsp3) is 0.625. The molecule has 1 saturated heterocycles. The molecule has 0 bridgehead atoms. The van der Waals surface area contributed by atoms with E-state index in [0.29, 0.717) is 38.7 Å². The fourth-order valence-corrected chi connectivity index (χ4v) is 2.00. The van der Waals surface area contributed by atoms with Crippen LogP contribution in [0.25, 0.3) is 0 Å². The first-order chi connectivity index (χ1) is 10.0. The molecule has 0 aromatic heterocycles. The molecule has 2 amide bonds. The summed E-state index contributed by atoms with van der Waals surface area (Å²) in [5.74, 6) is 0.321. The average Bonchev–Trinajstić information content (AvgIpc) is 2.70. The van der Waals surface area contributed by atoms with E-state index >= 15 is 0 Å². The summed E-state index contributed by atoms with van der Waals surface area (Å²) in [7, 11) is 0. The maximum atomic E-state index is 12.0. The summed E-state index contributed by atoms with van der Waals surface area (Å²) >= 11 is 0. The van der Waals surface area contributed by atoms with Crippen LogP contribution in [0.5, 0.6) is 0 Å². The minimum Gasteiger partial charge on any atom is -0.449 e. The highest BCUT2D eigenvalue weighted by Crippen LogP contribution is 2.07. The van der Waals surface area contributed by atoms with Gasteiger partial charge in [-0.25, -0.2) is 4.79 Å². The lowest BCUT2D eigenvalue weighted by molar-refractivity contribution is -0.125. The van der Waals surface area contributed by atoms with Gasteiger partial charge in [0.15, 0.2) is 0 Å². The third kappa shape index (κ3) is 6.47. The van der Waals surface area contributed by atoms with E-state index in [-0.39, 0.29) is 12.0 Å². The molecule has 0 aromatic carbocycles. The van der Waals surface area contributed by atoms with E-state index in [0.717, 1.165) is 6.42 Å². The van der Waals surface area contributed by atoms with Gasteiger partial charge in [0.1, 0.15) is 0 Å². The number of carbonyl (C=O) groups excluding carboxylic acids is 2. The minimum absolute atomic E-state index is 0.00880. The maximum Gasteiger partial charge on any atom is 0.409 e. The van der Waals surface area contributed by atoms with Crippen LogP contribution in [0.2, 0.25) is 0 Å². The maximum absolute atomic E-state index is 12.0. The van der Waals surface area contributed by atoms with E-state index in [1.54, 1.807) is 22.0 Å². The van der Waals surface area contributed by atoms with Gasteiger partial charge in [-0.15, -0.1) is 0 Å². The SMILES string of the molecule is CC=CC=CC(=O)N1CCCN(C(=O)OCC(C)C)CC1. The van der Waals surface area contributed by atoms with Crippen LogP contribution in [0.1, 0.15) is 27.2 Å². The number of hydrogen-bond acceptors (Lipinski definition) is 3. The van der Waals surface area contributed by atoms with Gasteiger partial charge < -0.3 is 14.5 Å². The molecule has 0 aromatic rings. The predicted octanol–water partition coefficient (Wildman–Crippen LogP) is 2.45. The van der Waals surface area contributed by atoms with Crippen LogP contribution in [0, 0.1) is 5.92 Å². The fourth-order valence-electron chi connectivity index (χ4n) is 2.00. The molecule has 21 heavy (non-hydrogen) atoms. The number of amides is 2. The number of carbonyl (C=O) groups is 2. The van der Waals surface area contributed by atoms with Crippen LogP contribution >= 0.6 is 0 Å². The number of allylic oxidation sites excluding steroid dienone is 3. The lowest BCUT2D eigenvalue weighted by Gasteiger charge is -2.21. The Kier molecular flexibility index (Phi) is 7.58. The lowest BCUT2D eigenvalue weighted by Crippen LogP contribution is -2.37. The van der Waals surface area contributed by atoms with Crippen molar-refractivity contribution in [2.75, 3.05) is 32.8 Å². The summed E-state index contributed by atoms with van der Waals surface area (Å²) < 4.78 is 5.23. The predicted molar refractivity (Wildman–Crippen MR) is 82.9 cm³/mol. The second kappa shape index (κ2) is 9.21. The molecule has 118 valence electrons. The minimum atomic E-state index is -0.276. The summed E-state index contributed by atoms with van der Waals surface area (Å²) in [6, 6.07) is 0. The summed E-state index contributed by atoms with van der Waals surface area (Å²) in [6.07, 6.45) is 7.50. The highest BCUT2D eigenvalue weighted by molar-refractivity contribution is 5.87. The summed E-state index contributed by atoms with van der Waals surface area (Å²) in [5, 5.41) is 0. The van der Waals surface area contributed by atoms with Crippen LogP contribution in [-0.2, 0) is 9.53 Å². The molecule has 1 fully saturated rings. The zero-order valence-corrected chi connectivity index (χ0v) is 13.2. The highest BCUT2D eigenvalue weighted by atomic mass is 16.6. The van der Waals surface area contributed by atoms with Crippen molar-refractivity contribution in [3.8, 4) is 0 Å². The van der Waals surface area contributed by atoms with Gasteiger partial charge in [-0.1, -0.05) is 32.1 Å². The normalized spacial score (nSPS) is 16.8. The van der Waals surface area contributed by atoms with Crippen LogP contribution in [0.15, 0.2) is 24.3 Å². The van der Waals surface area contributed by atoms with E-state index in [2.05, 4.69) is 0 Å². The third-order valence-electron chi connectivity index (χ3n) is 3.15. The van der Waals surface area contributed by atoms with Crippen LogP contribution in [0.4, 0.5) is 4.79 Å². The molecule has 5 nitrogen and oxygen atoms in total. The standard InChI is InChI=1S/C16H26N2O3/c1-4-5-6-8-15(19)17-9-7-10-18(12-11-17)16(20)21-13-14(2)3/h4-6,8,14H,7,9-13H2,1-3H3. The van der Waals surface area contributed by atoms with Gasteiger partial charge in [0.25, 0.3) is 0 Å². The highest BCUT2D eigenvalue weighted by Gasteiger charge is 2.21. The second-order valence-corrected chi connectivity index (χ2v) is 5.52. The Bertz CT molecular complexity index is 402. The van der Waals surface area contributed by atoms with Crippen LogP contribution in [0.3, 0.4) is 0 Å². The van der Waals surface area contributed by atoms with Gasteiger partial charge in [0, 0.05) is 32.3 Å². The Morgan fingerprint density at radius 1 is 1.10 bits per heavy atom. The van der Waals surface area contributed by atoms with Crippen molar-refractivity contribution in [1.82, 2.24) is 9.80 Å². The van der Waals surface area contributed by atoms with Crippen LogP contribution in [-0.4, -0.2) is 54.6 Å². The first-order valence-corrected chi connectivity index (χ1v) is 7.54. The lowest BCUT2D eigenvalue weighted by atomic mass is 10.2. The van der Waals surface area contributed by atoms with Crippen molar-refractivity contribution >= 4 is 12.0 Å². The summed E-state index contributed by atoms with van der Waals surface area (Å²) in [5.41, 5.74) is 0. The van der Waals surface area contributed by atoms with E-state index < -0.39 is 0 Å². The first-order valence-electron chi connectivity index (χ1n) is 7.54. The van der Waals surface area contributed by atoms with Crippen molar-refractivity contribution in [3.63, 3.8) is 0 Å². The Labute approximate surface area is 127 Å². The molecule has 0 unspecified atom stereocenters. The van der Waals surface area contributed by atoms with Gasteiger partial charge >= 0.3 is 6.09 Å². The van der Waals surface area contributed by atoms with Gasteiger partial charge in [-0.3, -0.25) is 4.79 Å². The molecule has 0 atom stereocenters. The largest absolute Gasteiger partial charge is 0.449 e. The van der Waals surface area contributed by atoms with Crippen molar-refractivity contribution in [3.05, 3.63) is 24.3 Å². The molecule has 1 rings (SSSR count). The Morgan fingerprint density at radius 2 is 1.76 bits per heavy atom. The van der Waals surface area contributed by atoms with Crippen LogP contribution < -0.4 is 0 Å². The zero-order valence-electron chi connectivity index (χ0n) is 13.2. The molecule has 1 aliphatic rings. The molecule has 5 heteroatoms. The Balaban J connectivity index is 2.46. The van der Waals surface area contributed by atoms with Gasteiger partial charge in [0.2, 0.25) is 5.91 Å². The molecular weight excluding hydrogens is 268 g/mol. The zero-order chi connectivity index (χ0) is 15.7. The smallest absolute Gasteiger partial charge is 0.409 e. The van der Waals surface area contributed by atoms with Crippen molar-refractivity contribution in [1.29, 1.82) is 0 Å². The topological polar surface area (TPSA) is 49.9 Å². The molecule has 0 N–H and O–H groups in total. The Morgan fingerprint density at radius 3 is 2.43 bits per heavy atom. The molecule has 0 saturated carbocycles. The molecule has 0 aliphatic carbocycles. The van der Waals surface area contributed by atoms with Crippen molar-refractivity contribution < 1.29 is 14.3 Å². The molecular formula is C16H26N2O3. The van der Waals surface area contributed by atoms with E-state index in [1.165, 1.54) is 0 Å². The number of nitrogens with zero attached hydrogens (tertiary/aromatic N) is 2. The first kappa shape index (κ1) is 17.3. The van der Waals surface area contributed by atoms with Gasteiger partial charge in [-0.2, -0.15) is 0 Å². The monoisotopic (exact) mass is 294 g/mol. The Hall–Kier alpha value is -1.78. The van der Waals surface area contributed by atoms with Gasteiger partial charge in [-0.05, 0) is 19.3 Å². The quantitative estimate of drug-likeness (QED) is 0.591. The number of ether oxygens (including phenoxy) is 1. The number of hydrogen-bond donors (Lipinski definition) is 0. The van der Waals surface area contributed by atoms with Gasteiger partial charge in [0.05, 0.1) is 6.61 Å². The summed E-state index contributed by atoms with van der Waals surface area (Å²) in [4.78, 5) is 27.4. The van der Waals surface area contributed by atoms with Crippen molar-refractivity contribution in [2.45, 2.75) is 27.2 Å². The third-order valence-corrected chi connectivity index (χ3v) is 3.15. The second-order valence-electron chi connectivity index (χ2n) is 5.52. The average molecular weight is 294 g/mol. The van der Waals surface area contributed by atoms with Crippen molar-refractivity contribution in [2.24, 2.45) is 5.92 Å². The van der Waals surface area contributed by atoms with E-state index in [1.807, 2.05) is 32.9 Å². The molecule has 1 aliphatic heterocycles. The van der Waals surface area contributed by atoms with E-state index in [9.17, 15) is 9.59 Å².